The summed E-state index contributed by atoms with van der Waals surface area (Å²) in [5, 5.41) is 3.61. The molecule has 1 saturated carbocycles. The fourth-order valence-corrected chi connectivity index (χ4v) is 2.24. The van der Waals surface area contributed by atoms with Crippen LogP contribution in [-0.4, -0.2) is 37.1 Å². The van der Waals surface area contributed by atoms with Crippen LogP contribution in [0.2, 0.25) is 0 Å². The number of hydrogen-bond acceptors (Lipinski definition) is 2. The van der Waals surface area contributed by atoms with E-state index in [1.54, 1.807) is 0 Å². The van der Waals surface area contributed by atoms with Crippen molar-refractivity contribution in [3.05, 3.63) is 0 Å². The van der Waals surface area contributed by atoms with Crippen molar-refractivity contribution in [2.75, 3.05) is 26.2 Å². The van der Waals surface area contributed by atoms with Crippen LogP contribution in [0, 0.1) is 11.8 Å². The van der Waals surface area contributed by atoms with Crippen molar-refractivity contribution in [3.8, 4) is 0 Å². The average Bonchev–Trinajstić information content (AvgIpc) is 3.07. The second kappa shape index (κ2) is 8.10. The van der Waals surface area contributed by atoms with E-state index in [0.717, 1.165) is 18.4 Å². The molecular weight excluding hydrogens is 208 g/mol. The molecule has 1 aliphatic carbocycles. The lowest BCUT2D eigenvalue weighted by atomic mass is 10.1. The predicted octanol–water partition coefficient (Wildman–Crippen LogP) is 3.13. The summed E-state index contributed by atoms with van der Waals surface area (Å²) in [6.45, 7) is 14.2. The van der Waals surface area contributed by atoms with Gasteiger partial charge in [0.05, 0.1) is 0 Å². The summed E-state index contributed by atoms with van der Waals surface area (Å²) in [4.78, 5) is 2.68. The van der Waals surface area contributed by atoms with Crippen LogP contribution in [0.15, 0.2) is 0 Å². The molecule has 1 N–H and O–H groups in total. The highest BCUT2D eigenvalue weighted by Gasteiger charge is 2.25. The average molecular weight is 240 g/mol. The molecule has 0 aromatic heterocycles. The molecule has 0 radical (unpaired) electrons. The fourth-order valence-electron chi connectivity index (χ4n) is 2.24. The van der Waals surface area contributed by atoms with Crippen LogP contribution in [0.25, 0.3) is 0 Å². The summed E-state index contributed by atoms with van der Waals surface area (Å²) in [5.41, 5.74) is 0. The fraction of sp³-hybridized carbons (Fsp3) is 1.00. The molecule has 0 amide bonds. The van der Waals surface area contributed by atoms with Crippen LogP contribution in [-0.2, 0) is 0 Å². The normalized spacial score (nSPS) is 18.0. The van der Waals surface area contributed by atoms with Crippen molar-refractivity contribution in [2.45, 2.75) is 59.4 Å². The molecule has 0 aromatic rings. The molecule has 0 aliphatic heterocycles. The lowest BCUT2D eigenvalue weighted by Crippen LogP contribution is -2.42. The number of hydrogen-bond donors (Lipinski definition) is 1. The zero-order chi connectivity index (χ0) is 12.7. The van der Waals surface area contributed by atoms with E-state index >= 15 is 0 Å². The zero-order valence-corrected chi connectivity index (χ0v) is 12.3. The van der Waals surface area contributed by atoms with E-state index in [2.05, 4.69) is 37.9 Å². The van der Waals surface area contributed by atoms with Crippen molar-refractivity contribution in [1.29, 1.82) is 0 Å². The number of nitrogens with one attached hydrogen (secondary N) is 1. The molecule has 2 nitrogen and oxygen atoms in total. The third-order valence-electron chi connectivity index (χ3n) is 3.66. The summed E-state index contributed by atoms with van der Waals surface area (Å²) < 4.78 is 0. The van der Waals surface area contributed by atoms with E-state index < -0.39 is 0 Å². The first kappa shape index (κ1) is 15.0. The molecule has 0 bridgehead atoms. The van der Waals surface area contributed by atoms with Gasteiger partial charge in [-0.05, 0) is 57.5 Å². The second-order valence-electron chi connectivity index (χ2n) is 6.17. The minimum atomic E-state index is 0.697. The van der Waals surface area contributed by atoms with Gasteiger partial charge in [-0.15, -0.1) is 0 Å². The first-order chi connectivity index (χ1) is 8.13. The highest BCUT2D eigenvalue weighted by Crippen LogP contribution is 2.30. The molecule has 1 atom stereocenters. The van der Waals surface area contributed by atoms with Gasteiger partial charge in [0.2, 0.25) is 0 Å². The largest absolute Gasteiger partial charge is 0.315 e. The van der Waals surface area contributed by atoms with Gasteiger partial charge in [0.15, 0.2) is 0 Å². The van der Waals surface area contributed by atoms with Gasteiger partial charge in [-0.3, -0.25) is 4.90 Å². The van der Waals surface area contributed by atoms with Gasteiger partial charge in [0.1, 0.15) is 0 Å². The molecule has 1 unspecified atom stereocenters. The molecule has 0 heterocycles. The van der Waals surface area contributed by atoms with Crippen molar-refractivity contribution < 1.29 is 0 Å². The Morgan fingerprint density at radius 3 is 2.47 bits per heavy atom. The molecule has 2 heteroatoms. The Hall–Kier alpha value is -0.0800. The molecule has 17 heavy (non-hydrogen) atoms. The van der Waals surface area contributed by atoms with Gasteiger partial charge in [-0.25, -0.2) is 0 Å². The van der Waals surface area contributed by atoms with Crippen LogP contribution >= 0.6 is 0 Å². The first-order valence-electron chi connectivity index (χ1n) is 7.58. The summed E-state index contributed by atoms with van der Waals surface area (Å²) in [7, 11) is 0. The van der Waals surface area contributed by atoms with Gasteiger partial charge in [-0.1, -0.05) is 20.8 Å². The monoisotopic (exact) mass is 240 g/mol. The van der Waals surface area contributed by atoms with Gasteiger partial charge in [0, 0.05) is 19.1 Å². The van der Waals surface area contributed by atoms with Crippen molar-refractivity contribution >= 4 is 0 Å². The molecule has 0 saturated heterocycles. The number of rotatable bonds is 10. The van der Waals surface area contributed by atoms with Crippen LogP contribution < -0.4 is 5.32 Å². The quantitative estimate of drug-likeness (QED) is 0.590. The van der Waals surface area contributed by atoms with E-state index in [1.807, 2.05) is 0 Å². The summed E-state index contributed by atoms with van der Waals surface area (Å²) >= 11 is 0. The Bertz CT molecular complexity index is 187. The van der Waals surface area contributed by atoms with Gasteiger partial charge in [0.25, 0.3) is 0 Å². The Labute approximate surface area is 108 Å². The molecule has 1 rings (SSSR count). The third-order valence-corrected chi connectivity index (χ3v) is 3.66. The Morgan fingerprint density at radius 2 is 1.94 bits per heavy atom. The summed E-state index contributed by atoms with van der Waals surface area (Å²) in [5.74, 6) is 1.83. The standard InChI is InChI=1S/C15H32N2/c1-5-10-17(12-15-6-7-15)14(4)11-16-9-8-13(2)3/h13-16H,5-12H2,1-4H3. The minimum absolute atomic E-state index is 0.697. The Balaban J connectivity index is 2.14. The molecular formula is C15H32N2. The van der Waals surface area contributed by atoms with Crippen LogP contribution in [0.3, 0.4) is 0 Å². The Kier molecular flexibility index (Phi) is 7.14. The van der Waals surface area contributed by atoms with Crippen LogP contribution in [0.5, 0.6) is 0 Å². The van der Waals surface area contributed by atoms with Crippen LogP contribution in [0.4, 0.5) is 0 Å². The topological polar surface area (TPSA) is 15.3 Å². The van der Waals surface area contributed by atoms with E-state index in [0.29, 0.717) is 6.04 Å². The second-order valence-corrected chi connectivity index (χ2v) is 6.17. The summed E-state index contributed by atoms with van der Waals surface area (Å²) in [6, 6.07) is 0.697. The molecule has 1 fully saturated rings. The Morgan fingerprint density at radius 1 is 1.24 bits per heavy atom. The van der Waals surface area contributed by atoms with Crippen molar-refractivity contribution in [3.63, 3.8) is 0 Å². The highest BCUT2D eigenvalue weighted by molar-refractivity contribution is 4.80. The van der Waals surface area contributed by atoms with E-state index in [4.69, 9.17) is 0 Å². The zero-order valence-electron chi connectivity index (χ0n) is 12.3. The number of nitrogens with zero attached hydrogens (tertiary/aromatic N) is 1. The maximum atomic E-state index is 3.61. The van der Waals surface area contributed by atoms with E-state index in [9.17, 15) is 0 Å². The van der Waals surface area contributed by atoms with Crippen molar-refractivity contribution in [2.24, 2.45) is 11.8 Å². The maximum Gasteiger partial charge on any atom is 0.0192 e. The van der Waals surface area contributed by atoms with Gasteiger partial charge >= 0.3 is 0 Å². The van der Waals surface area contributed by atoms with E-state index in [-0.39, 0.29) is 0 Å². The van der Waals surface area contributed by atoms with E-state index in [1.165, 1.54) is 45.3 Å². The van der Waals surface area contributed by atoms with Crippen molar-refractivity contribution in [1.82, 2.24) is 10.2 Å². The molecule has 1 aliphatic rings. The third kappa shape index (κ3) is 7.05. The van der Waals surface area contributed by atoms with Crippen LogP contribution in [0.1, 0.15) is 53.4 Å². The minimum Gasteiger partial charge on any atom is -0.315 e. The first-order valence-corrected chi connectivity index (χ1v) is 7.58. The van der Waals surface area contributed by atoms with Gasteiger partial charge in [-0.2, -0.15) is 0 Å². The molecule has 102 valence electrons. The lowest BCUT2D eigenvalue weighted by Gasteiger charge is -2.29. The maximum absolute atomic E-state index is 3.61. The lowest BCUT2D eigenvalue weighted by molar-refractivity contribution is 0.196. The van der Waals surface area contributed by atoms with Gasteiger partial charge < -0.3 is 5.32 Å². The molecule has 0 spiro atoms. The predicted molar refractivity (Wildman–Crippen MR) is 76.4 cm³/mol. The smallest absolute Gasteiger partial charge is 0.0192 e. The SMILES string of the molecule is CCCN(CC1CC1)C(C)CNCCC(C)C. The molecule has 0 aromatic carbocycles. The summed E-state index contributed by atoms with van der Waals surface area (Å²) in [6.07, 6.45) is 5.51. The highest BCUT2D eigenvalue weighted by atomic mass is 15.2.